The zero-order valence-electron chi connectivity index (χ0n) is 10.5. The van der Waals surface area contributed by atoms with Gasteiger partial charge in [-0.25, -0.2) is 0 Å². The largest absolute Gasteiger partial charge is 0.329 e. The predicted molar refractivity (Wildman–Crippen MR) is 71.0 cm³/mol. The summed E-state index contributed by atoms with van der Waals surface area (Å²) in [6.07, 6.45) is 0. The second-order valence-corrected chi connectivity index (χ2v) is 4.93. The lowest BCUT2D eigenvalue weighted by Gasteiger charge is -2.27. The molecule has 6 heteroatoms. The van der Waals surface area contributed by atoms with Gasteiger partial charge in [-0.15, -0.1) is 10.2 Å². The van der Waals surface area contributed by atoms with Crippen molar-refractivity contribution in [3.63, 3.8) is 0 Å². The van der Waals surface area contributed by atoms with Crippen molar-refractivity contribution in [1.82, 2.24) is 19.7 Å². The van der Waals surface area contributed by atoms with E-state index in [9.17, 15) is 4.79 Å². The molecule has 1 aromatic heterocycles. The van der Waals surface area contributed by atoms with E-state index in [1.165, 1.54) is 0 Å². The monoisotopic (exact) mass is 276 g/mol. The van der Waals surface area contributed by atoms with Crippen molar-refractivity contribution in [2.75, 3.05) is 6.54 Å². The smallest absolute Gasteiger partial charge is 0.255 e. The van der Waals surface area contributed by atoms with E-state index in [1.807, 2.05) is 23.6 Å². The number of amides is 1. The van der Waals surface area contributed by atoms with Crippen LogP contribution in [0.4, 0.5) is 0 Å². The molecule has 0 spiro atoms. The molecule has 2 heterocycles. The van der Waals surface area contributed by atoms with Gasteiger partial charge in [-0.2, -0.15) is 0 Å². The molecule has 0 unspecified atom stereocenters. The minimum Gasteiger partial charge on any atom is -0.329 e. The fraction of sp³-hybridized carbons (Fsp3) is 0.308. The molecular weight excluding hydrogens is 264 g/mol. The summed E-state index contributed by atoms with van der Waals surface area (Å²) in [6, 6.07) is 7.10. The molecule has 0 fully saturated rings. The van der Waals surface area contributed by atoms with Gasteiger partial charge in [-0.05, 0) is 19.1 Å². The number of fused-ring (bicyclic) bond motifs is 1. The summed E-state index contributed by atoms with van der Waals surface area (Å²) in [5.41, 5.74) is 0.536. The van der Waals surface area contributed by atoms with Crippen molar-refractivity contribution in [2.24, 2.45) is 0 Å². The fourth-order valence-corrected chi connectivity index (χ4v) is 2.50. The number of aryl methyl sites for hydroxylation is 1. The number of carbonyl (C=O) groups is 1. The Morgan fingerprint density at radius 3 is 2.84 bits per heavy atom. The molecule has 1 aliphatic rings. The Kier molecular flexibility index (Phi) is 2.98. The molecule has 1 amide bonds. The van der Waals surface area contributed by atoms with E-state index >= 15 is 0 Å². The van der Waals surface area contributed by atoms with Gasteiger partial charge in [-0.3, -0.25) is 4.79 Å². The molecule has 0 saturated carbocycles. The van der Waals surface area contributed by atoms with Crippen LogP contribution in [0.3, 0.4) is 0 Å². The molecule has 0 radical (unpaired) electrons. The second kappa shape index (κ2) is 4.66. The van der Waals surface area contributed by atoms with Gasteiger partial charge in [-0.1, -0.05) is 23.7 Å². The van der Waals surface area contributed by atoms with Crippen LogP contribution in [0.25, 0.3) is 0 Å². The third kappa shape index (κ3) is 2.10. The lowest BCUT2D eigenvalue weighted by Crippen LogP contribution is -2.38. The van der Waals surface area contributed by atoms with Gasteiger partial charge >= 0.3 is 0 Å². The molecular formula is C13H13ClN4O. The summed E-state index contributed by atoms with van der Waals surface area (Å²) < 4.78 is 2.04. The fourth-order valence-electron chi connectivity index (χ4n) is 2.28. The van der Waals surface area contributed by atoms with E-state index in [-0.39, 0.29) is 5.91 Å². The van der Waals surface area contributed by atoms with Crippen molar-refractivity contribution in [3.8, 4) is 0 Å². The number of benzene rings is 1. The van der Waals surface area contributed by atoms with Crippen molar-refractivity contribution < 1.29 is 4.79 Å². The Hall–Kier alpha value is -1.88. The Labute approximate surface area is 115 Å². The second-order valence-electron chi connectivity index (χ2n) is 4.52. The average molecular weight is 277 g/mol. The highest BCUT2D eigenvalue weighted by Crippen LogP contribution is 2.20. The molecule has 98 valence electrons. The first-order chi connectivity index (χ1) is 9.16. The molecule has 0 saturated heterocycles. The summed E-state index contributed by atoms with van der Waals surface area (Å²) in [7, 11) is 0. The maximum atomic E-state index is 12.4. The van der Waals surface area contributed by atoms with Gasteiger partial charge in [0, 0.05) is 13.1 Å². The van der Waals surface area contributed by atoms with E-state index in [0.717, 1.165) is 18.2 Å². The van der Waals surface area contributed by atoms with Crippen molar-refractivity contribution >= 4 is 17.5 Å². The van der Waals surface area contributed by atoms with E-state index in [0.29, 0.717) is 23.7 Å². The van der Waals surface area contributed by atoms with Crippen LogP contribution in [0.5, 0.6) is 0 Å². The van der Waals surface area contributed by atoms with Crippen LogP contribution in [0.1, 0.15) is 22.0 Å². The lowest BCUT2D eigenvalue weighted by molar-refractivity contribution is 0.0707. The minimum absolute atomic E-state index is 0.0579. The number of hydrogen-bond acceptors (Lipinski definition) is 3. The molecule has 0 bridgehead atoms. The first-order valence-corrected chi connectivity index (χ1v) is 6.47. The molecule has 3 rings (SSSR count). The van der Waals surface area contributed by atoms with E-state index < -0.39 is 0 Å². The highest BCUT2D eigenvalue weighted by atomic mass is 35.5. The normalized spacial score (nSPS) is 14.3. The van der Waals surface area contributed by atoms with Crippen LogP contribution in [0.2, 0.25) is 5.02 Å². The van der Waals surface area contributed by atoms with Crippen LogP contribution in [-0.4, -0.2) is 32.1 Å². The van der Waals surface area contributed by atoms with Gasteiger partial charge in [0.2, 0.25) is 0 Å². The molecule has 5 nitrogen and oxygen atoms in total. The van der Waals surface area contributed by atoms with Gasteiger partial charge in [0.15, 0.2) is 5.82 Å². The molecule has 1 aliphatic heterocycles. The highest BCUT2D eigenvalue weighted by Gasteiger charge is 2.25. The summed E-state index contributed by atoms with van der Waals surface area (Å²) in [4.78, 5) is 14.2. The van der Waals surface area contributed by atoms with Crippen molar-refractivity contribution in [3.05, 3.63) is 46.5 Å². The third-order valence-corrected chi connectivity index (χ3v) is 3.66. The number of hydrogen-bond donors (Lipinski definition) is 0. The SMILES string of the molecule is Cc1nnc2n1CCN(C(=O)c1ccccc1Cl)C2. The maximum absolute atomic E-state index is 12.4. The van der Waals surface area contributed by atoms with Crippen LogP contribution in [0, 0.1) is 6.92 Å². The Bertz CT molecular complexity index is 637. The number of nitrogens with zero attached hydrogens (tertiary/aromatic N) is 4. The number of carbonyl (C=O) groups excluding carboxylic acids is 1. The summed E-state index contributed by atoms with van der Waals surface area (Å²) in [5, 5.41) is 8.60. The zero-order valence-corrected chi connectivity index (χ0v) is 11.3. The first-order valence-electron chi connectivity index (χ1n) is 6.09. The Morgan fingerprint density at radius 2 is 2.05 bits per heavy atom. The zero-order chi connectivity index (χ0) is 13.4. The molecule has 19 heavy (non-hydrogen) atoms. The average Bonchev–Trinajstić information content (AvgIpc) is 2.80. The van der Waals surface area contributed by atoms with Crippen LogP contribution < -0.4 is 0 Å². The van der Waals surface area contributed by atoms with E-state index in [1.54, 1.807) is 17.0 Å². The number of aromatic nitrogens is 3. The van der Waals surface area contributed by atoms with Crippen LogP contribution in [-0.2, 0) is 13.1 Å². The minimum atomic E-state index is -0.0579. The van der Waals surface area contributed by atoms with Gasteiger partial charge in [0.1, 0.15) is 5.82 Å². The Morgan fingerprint density at radius 1 is 1.26 bits per heavy atom. The van der Waals surface area contributed by atoms with Crippen LogP contribution in [0.15, 0.2) is 24.3 Å². The molecule has 0 N–H and O–H groups in total. The van der Waals surface area contributed by atoms with Gasteiger partial charge < -0.3 is 9.47 Å². The summed E-state index contributed by atoms with van der Waals surface area (Å²) in [6.45, 7) is 3.77. The maximum Gasteiger partial charge on any atom is 0.255 e. The van der Waals surface area contributed by atoms with Gasteiger partial charge in [0.05, 0.1) is 17.1 Å². The first kappa shape index (κ1) is 12.2. The molecule has 0 atom stereocenters. The molecule has 0 aliphatic carbocycles. The molecule has 2 aromatic rings. The van der Waals surface area contributed by atoms with Crippen molar-refractivity contribution in [2.45, 2.75) is 20.0 Å². The summed E-state index contributed by atoms with van der Waals surface area (Å²) in [5.74, 6) is 1.65. The Balaban J connectivity index is 1.86. The number of halogens is 1. The topological polar surface area (TPSA) is 51.0 Å². The standard InChI is InChI=1S/C13H13ClN4O/c1-9-15-16-12-8-17(6-7-18(9)12)13(19)10-4-2-3-5-11(10)14/h2-5H,6-8H2,1H3. The van der Waals surface area contributed by atoms with E-state index in [4.69, 9.17) is 11.6 Å². The van der Waals surface area contributed by atoms with E-state index in [2.05, 4.69) is 10.2 Å². The quantitative estimate of drug-likeness (QED) is 0.799. The van der Waals surface area contributed by atoms with Crippen LogP contribution >= 0.6 is 11.6 Å². The highest BCUT2D eigenvalue weighted by molar-refractivity contribution is 6.33. The lowest BCUT2D eigenvalue weighted by atomic mass is 10.2. The number of rotatable bonds is 1. The molecule has 1 aromatic carbocycles. The predicted octanol–water partition coefficient (Wildman–Crippen LogP) is 1.90. The third-order valence-electron chi connectivity index (χ3n) is 3.33. The van der Waals surface area contributed by atoms with Crippen molar-refractivity contribution in [1.29, 1.82) is 0 Å². The van der Waals surface area contributed by atoms with Gasteiger partial charge in [0.25, 0.3) is 5.91 Å². The summed E-state index contributed by atoms with van der Waals surface area (Å²) >= 11 is 6.06.